The van der Waals surface area contributed by atoms with Gasteiger partial charge in [0.2, 0.25) is 0 Å². The van der Waals surface area contributed by atoms with E-state index in [1.165, 1.54) is 0 Å². The molecule has 0 amide bonds. The van der Waals surface area contributed by atoms with Crippen LogP contribution in [0.3, 0.4) is 0 Å². The third kappa shape index (κ3) is 3.14. The number of hydrogen-bond donors (Lipinski definition) is 0. The van der Waals surface area contributed by atoms with Gasteiger partial charge in [-0.2, -0.15) is 0 Å². The Balaban J connectivity index is 2.25. The molecule has 0 N–H and O–H groups in total. The van der Waals surface area contributed by atoms with Gasteiger partial charge in [0.05, 0.1) is 20.3 Å². The molecule has 0 heterocycles. The minimum atomic E-state index is 0.669. The highest BCUT2D eigenvalue weighted by Crippen LogP contribution is 2.22. The summed E-state index contributed by atoms with van der Waals surface area (Å²) in [5, 5.41) is 0. The van der Waals surface area contributed by atoms with E-state index in [0.29, 0.717) is 11.5 Å². The molecule has 0 aliphatic heterocycles. The Labute approximate surface area is 107 Å². The first kappa shape index (κ1) is 12.2. The average molecular weight is 239 g/mol. The van der Waals surface area contributed by atoms with Gasteiger partial charge in [-0.1, -0.05) is 42.5 Å². The zero-order chi connectivity index (χ0) is 12.8. The van der Waals surface area contributed by atoms with Crippen molar-refractivity contribution in [2.24, 2.45) is 0 Å². The Morgan fingerprint density at radius 3 is 1.94 bits per heavy atom. The van der Waals surface area contributed by atoms with Gasteiger partial charge in [0.1, 0.15) is 11.5 Å². The van der Waals surface area contributed by atoms with Crippen LogP contribution in [0.5, 0.6) is 11.5 Å². The van der Waals surface area contributed by atoms with Gasteiger partial charge in [-0.3, -0.25) is 0 Å². The summed E-state index contributed by atoms with van der Waals surface area (Å²) in [6, 6.07) is 17.0. The number of rotatable bonds is 4. The van der Waals surface area contributed by atoms with E-state index in [1.54, 1.807) is 14.2 Å². The van der Waals surface area contributed by atoms with Crippen LogP contribution in [0.25, 0.3) is 12.2 Å². The van der Waals surface area contributed by atoms with Crippen molar-refractivity contribution in [3.63, 3.8) is 0 Å². The molecule has 2 aromatic carbocycles. The zero-order valence-corrected chi connectivity index (χ0v) is 10.5. The van der Waals surface area contributed by atoms with Gasteiger partial charge in [-0.25, -0.2) is 0 Å². The first-order chi connectivity index (χ1) is 8.81. The predicted octanol–water partition coefficient (Wildman–Crippen LogP) is 3.67. The van der Waals surface area contributed by atoms with Gasteiger partial charge < -0.3 is 9.47 Å². The first-order valence-electron chi connectivity index (χ1n) is 5.70. The van der Waals surface area contributed by atoms with E-state index in [0.717, 1.165) is 11.1 Å². The van der Waals surface area contributed by atoms with E-state index in [-0.39, 0.29) is 0 Å². The van der Waals surface area contributed by atoms with Crippen LogP contribution >= 0.6 is 0 Å². The van der Waals surface area contributed by atoms with E-state index in [2.05, 4.69) is 18.2 Å². The lowest BCUT2D eigenvalue weighted by atomic mass is 10.1. The van der Waals surface area contributed by atoms with Crippen molar-refractivity contribution >= 4 is 12.2 Å². The molecule has 2 heteroatoms. The molecule has 0 saturated carbocycles. The van der Waals surface area contributed by atoms with Crippen molar-refractivity contribution in [3.05, 3.63) is 59.7 Å². The molecule has 0 aliphatic rings. The molecule has 0 saturated heterocycles. The van der Waals surface area contributed by atoms with Crippen LogP contribution in [0.2, 0.25) is 0 Å². The highest BCUT2D eigenvalue weighted by atomic mass is 16.5. The number of hydrogen-bond acceptors (Lipinski definition) is 2. The van der Waals surface area contributed by atoms with E-state index in [1.807, 2.05) is 42.5 Å². The Bertz CT molecular complexity index is 508. The smallest absolute Gasteiger partial charge is 0.131 e. The van der Waals surface area contributed by atoms with Crippen LogP contribution < -0.4 is 9.47 Å². The van der Waals surface area contributed by atoms with E-state index < -0.39 is 0 Å². The summed E-state index contributed by atoms with van der Waals surface area (Å²) in [6.07, 6.45) is 4.07. The Kier molecular flexibility index (Phi) is 4.02. The molecular formula is C16H15O2. The summed E-state index contributed by atoms with van der Waals surface area (Å²) < 4.78 is 10.4. The third-order valence-electron chi connectivity index (χ3n) is 2.55. The van der Waals surface area contributed by atoms with Crippen molar-refractivity contribution in [1.82, 2.24) is 0 Å². The molecule has 0 aliphatic carbocycles. The molecule has 1 radical (unpaired) electrons. The summed E-state index contributed by atoms with van der Waals surface area (Å²) in [5.74, 6) is 1.34. The highest BCUT2D eigenvalue weighted by molar-refractivity contribution is 5.70. The van der Waals surface area contributed by atoms with E-state index in [9.17, 15) is 0 Å². The van der Waals surface area contributed by atoms with Crippen molar-refractivity contribution in [2.45, 2.75) is 0 Å². The summed E-state index contributed by atoms with van der Waals surface area (Å²) in [5.41, 5.74) is 2.18. The van der Waals surface area contributed by atoms with Gasteiger partial charge in [0.15, 0.2) is 0 Å². The molecule has 0 fully saturated rings. The first-order valence-corrected chi connectivity index (χ1v) is 5.70. The maximum Gasteiger partial charge on any atom is 0.131 e. The molecule has 0 bridgehead atoms. The number of ether oxygens (including phenoxy) is 2. The molecule has 2 nitrogen and oxygen atoms in total. The maximum atomic E-state index is 5.18. The SMILES string of the molecule is COc1[c]c(OC)cc(/C=C/c2ccccc2)c1. The van der Waals surface area contributed by atoms with E-state index >= 15 is 0 Å². The standard InChI is InChI=1S/C16H15O2/c1-17-15-10-14(11-16(12-15)18-2)9-8-13-6-4-3-5-7-13/h3-11H,1-2H3/b9-8+. The Morgan fingerprint density at radius 2 is 1.39 bits per heavy atom. The molecule has 91 valence electrons. The van der Waals surface area contributed by atoms with Gasteiger partial charge in [-0.15, -0.1) is 0 Å². The molecule has 0 spiro atoms. The molecule has 0 aromatic heterocycles. The second kappa shape index (κ2) is 5.92. The Hall–Kier alpha value is -2.22. The van der Waals surface area contributed by atoms with Gasteiger partial charge in [0.25, 0.3) is 0 Å². The number of methoxy groups -OCH3 is 2. The molecule has 2 rings (SSSR count). The molecular weight excluding hydrogens is 224 g/mol. The maximum absolute atomic E-state index is 5.18. The van der Waals surface area contributed by atoms with Gasteiger partial charge >= 0.3 is 0 Å². The van der Waals surface area contributed by atoms with Crippen LogP contribution in [0.1, 0.15) is 11.1 Å². The Morgan fingerprint density at radius 1 is 0.833 bits per heavy atom. The lowest BCUT2D eigenvalue weighted by Gasteiger charge is -2.05. The van der Waals surface area contributed by atoms with Crippen LogP contribution in [-0.4, -0.2) is 14.2 Å². The summed E-state index contributed by atoms with van der Waals surface area (Å²) >= 11 is 0. The largest absolute Gasteiger partial charge is 0.496 e. The fraction of sp³-hybridized carbons (Fsp3) is 0.125. The number of benzene rings is 2. The topological polar surface area (TPSA) is 18.5 Å². The zero-order valence-electron chi connectivity index (χ0n) is 10.5. The van der Waals surface area contributed by atoms with Crippen molar-refractivity contribution < 1.29 is 9.47 Å². The van der Waals surface area contributed by atoms with Gasteiger partial charge in [0, 0.05) is 0 Å². The fourth-order valence-electron chi connectivity index (χ4n) is 1.61. The van der Waals surface area contributed by atoms with Gasteiger partial charge in [-0.05, 0) is 23.3 Å². The average Bonchev–Trinajstić information content (AvgIpc) is 2.45. The predicted molar refractivity (Wildman–Crippen MR) is 73.8 cm³/mol. The van der Waals surface area contributed by atoms with Crippen molar-refractivity contribution in [2.75, 3.05) is 14.2 Å². The summed E-state index contributed by atoms with van der Waals surface area (Å²) in [4.78, 5) is 0. The molecule has 0 atom stereocenters. The monoisotopic (exact) mass is 239 g/mol. The van der Waals surface area contributed by atoms with Crippen LogP contribution in [0.15, 0.2) is 42.5 Å². The minimum Gasteiger partial charge on any atom is -0.496 e. The van der Waals surface area contributed by atoms with Crippen LogP contribution in [0.4, 0.5) is 0 Å². The van der Waals surface area contributed by atoms with Crippen molar-refractivity contribution in [3.8, 4) is 11.5 Å². The van der Waals surface area contributed by atoms with Crippen LogP contribution in [-0.2, 0) is 0 Å². The molecule has 18 heavy (non-hydrogen) atoms. The second-order valence-electron chi connectivity index (χ2n) is 3.79. The summed E-state index contributed by atoms with van der Waals surface area (Å²) in [6.45, 7) is 0. The van der Waals surface area contributed by atoms with Crippen LogP contribution in [0, 0.1) is 6.07 Å². The molecule has 2 aromatic rings. The molecule has 0 unspecified atom stereocenters. The quantitative estimate of drug-likeness (QED) is 0.758. The third-order valence-corrected chi connectivity index (χ3v) is 2.55. The fourth-order valence-corrected chi connectivity index (χ4v) is 1.61. The van der Waals surface area contributed by atoms with E-state index in [4.69, 9.17) is 9.47 Å². The normalized spacial score (nSPS) is 10.6. The lowest BCUT2D eigenvalue weighted by molar-refractivity contribution is 0.392. The summed E-state index contributed by atoms with van der Waals surface area (Å²) in [7, 11) is 3.24. The lowest BCUT2D eigenvalue weighted by Crippen LogP contribution is -1.88. The minimum absolute atomic E-state index is 0.669. The van der Waals surface area contributed by atoms with Crippen molar-refractivity contribution in [1.29, 1.82) is 0 Å². The highest BCUT2D eigenvalue weighted by Gasteiger charge is 1.99. The second-order valence-corrected chi connectivity index (χ2v) is 3.79.